The Morgan fingerprint density at radius 2 is 2.19 bits per heavy atom. The molecule has 2 aromatic rings. The zero-order valence-corrected chi connectivity index (χ0v) is 11.5. The number of nitrogens with one attached hydrogen (secondary N) is 1. The monoisotopic (exact) mass is 280 g/mol. The van der Waals surface area contributed by atoms with Crippen LogP contribution >= 0.6 is 0 Å². The molecular formula is C16H16N4O. The van der Waals surface area contributed by atoms with E-state index < -0.39 is 0 Å². The van der Waals surface area contributed by atoms with Crippen LogP contribution in [0, 0.1) is 17.2 Å². The number of aromatic nitrogens is 1. The smallest absolute Gasteiger partial charge is 0.270 e. The molecule has 21 heavy (non-hydrogen) atoms. The molecule has 1 aliphatic rings. The van der Waals surface area contributed by atoms with Crippen molar-refractivity contribution in [3.05, 3.63) is 36.0 Å². The number of nitriles is 1. The lowest BCUT2D eigenvalue weighted by Gasteiger charge is -2.15. The minimum absolute atomic E-state index is 0.0861. The number of fused-ring (bicyclic) bond motifs is 1. The lowest BCUT2D eigenvalue weighted by atomic mass is 10.1. The molecule has 1 fully saturated rings. The topological polar surface area (TPSA) is 91.8 Å². The number of pyridine rings is 1. The van der Waals surface area contributed by atoms with Crippen molar-refractivity contribution in [1.29, 1.82) is 5.26 Å². The van der Waals surface area contributed by atoms with E-state index in [0.717, 1.165) is 24.6 Å². The van der Waals surface area contributed by atoms with Gasteiger partial charge in [0.15, 0.2) is 0 Å². The van der Waals surface area contributed by atoms with E-state index in [9.17, 15) is 4.79 Å². The maximum absolute atomic E-state index is 12.3. The lowest BCUT2D eigenvalue weighted by molar-refractivity contribution is 0.0928. The van der Waals surface area contributed by atoms with Crippen LogP contribution in [0.25, 0.3) is 10.9 Å². The maximum Gasteiger partial charge on any atom is 0.270 e. The van der Waals surface area contributed by atoms with Crippen molar-refractivity contribution < 1.29 is 4.79 Å². The maximum atomic E-state index is 12.3. The third-order valence-electron chi connectivity index (χ3n) is 3.98. The number of benzene rings is 1. The Hall–Kier alpha value is -2.61. The highest BCUT2D eigenvalue weighted by Crippen LogP contribution is 2.25. The summed E-state index contributed by atoms with van der Waals surface area (Å²) in [6.45, 7) is 0. The first-order valence-corrected chi connectivity index (χ1v) is 7.05. The number of amides is 1. The van der Waals surface area contributed by atoms with Crippen LogP contribution in [0.1, 0.15) is 29.8 Å². The molecule has 3 N–H and O–H groups in total. The van der Waals surface area contributed by atoms with Crippen molar-refractivity contribution in [2.75, 3.05) is 5.73 Å². The van der Waals surface area contributed by atoms with E-state index >= 15 is 0 Å². The molecule has 0 aliphatic heterocycles. The summed E-state index contributed by atoms with van der Waals surface area (Å²) in [6, 6.07) is 11.2. The Balaban J connectivity index is 1.87. The molecule has 1 aromatic carbocycles. The predicted molar refractivity (Wildman–Crippen MR) is 80.4 cm³/mol. The number of anilines is 1. The average Bonchev–Trinajstić information content (AvgIpc) is 2.94. The molecular weight excluding hydrogens is 264 g/mol. The summed E-state index contributed by atoms with van der Waals surface area (Å²) in [7, 11) is 0. The van der Waals surface area contributed by atoms with Gasteiger partial charge in [-0.2, -0.15) is 5.26 Å². The number of nitrogens with zero attached hydrogens (tertiary/aromatic N) is 2. The fraction of sp³-hybridized carbons (Fsp3) is 0.312. The molecule has 106 valence electrons. The van der Waals surface area contributed by atoms with Crippen LogP contribution in [-0.2, 0) is 0 Å². The van der Waals surface area contributed by atoms with Crippen LogP contribution in [0.3, 0.4) is 0 Å². The van der Waals surface area contributed by atoms with Crippen molar-refractivity contribution in [3.8, 4) is 6.07 Å². The summed E-state index contributed by atoms with van der Waals surface area (Å²) in [5.41, 5.74) is 7.52. The Kier molecular flexibility index (Phi) is 3.44. The molecule has 0 bridgehead atoms. The van der Waals surface area contributed by atoms with E-state index in [0.29, 0.717) is 16.9 Å². The normalized spacial score (nSPS) is 21.1. The van der Waals surface area contributed by atoms with Gasteiger partial charge in [-0.25, -0.2) is 4.98 Å². The van der Waals surface area contributed by atoms with Crippen LogP contribution in [0.2, 0.25) is 0 Å². The minimum atomic E-state index is -0.264. The van der Waals surface area contributed by atoms with Gasteiger partial charge in [-0.15, -0.1) is 0 Å². The molecule has 0 radical (unpaired) electrons. The average molecular weight is 280 g/mol. The summed E-state index contributed by atoms with van der Waals surface area (Å²) in [6.07, 6.45) is 2.65. The van der Waals surface area contributed by atoms with Gasteiger partial charge in [-0.3, -0.25) is 4.79 Å². The van der Waals surface area contributed by atoms with Crippen molar-refractivity contribution >= 4 is 22.5 Å². The van der Waals surface area contributed by atoms with Crippen LogP contribution in [0.5, 0.6) is 0 Å². The van der Waals surface area contributed by atoms with Gasteiger partial charge in [0.2, 0.25) is 0 Å². The zero-order valence-electron chi connectivity index (χ0n) is 11.5. The van der Waals surface area contributed by atoms with Crippen molar-refractivity contribution in [3.63, 3.8) is 0 Å². The second-order valence-corrected chi connectivity index (χ2v) is 5.36. The Morgan fingerprint density at radius 1 is 1.38 bits per heavy atom. The molecule has 5 heteroatoms. The molecule has 1 saturated carbocycles. The fourth-order valence-electron chi connectivity index (χ4n) is 2.85. The molecule has 2 atom stereocenters. The van der Waals surface area contributed by atoms with E-state index in [1.54, 1.807) is 6.07 Å². The molecule has 3 rings (SSSR count). The minimum Gasteiger partial charge on any atom is -0.398 e. The fourth-order valence-corrected chi connectivity index (χ4v) is 2.85. The Morgan fingerprint density at radius 3 is 3.00 bits per heavy atom. The number of nitrogens with two attached hydrogens (primary N) is 1. The number of carbonyl (C=O) groups excluding carboxylic acids is 1. The summed E-state index contributed by atoms with van der Waals surface area (Å²) in [5.74, 6) is -0.369. The summed E-state index contributed by atoms with van der Waals surface area (Å²) >= 11 is 0. The SMILES string of the molecule is N#CC1CCCC1NC(=O)c1cc(N)c2ccccc2n1. The van der Waals surface area contributed by atoms with Crippen molar-refractivity contribution in [1.82, 2.24) is 10.3 Å². The van der Waals surface area contributed by atoms with Crippen LogP contribution in [0.15, 0.2) is 30.3 Å². The number of para-hydroxylation sites is 1. The highest BCUT2D eigenvalue weighted by atomic mass is 16.1. The quantitative estimate of drug-likeness (QED) is 0.882. The summed E-state index contributed by atoms with van der Waals surface area (Å²) in [5, 5.41) is 12.8. The first-order chi connectivity index (χ1) is 10.2. The van der Waals surface area contributed by atoms with Gasteiger partial charge in [0.05, 0.1) is 17.5 Å². The second kappa shape index (κ2) is 5.41. The standard InChI is InChI=1S/C16H16N4O/c17-9-10-4-3-7-13(10)20-16(21)15-8-12(18)11-5-1-2-6-14(11)19-15/h1-2,5-6,8,10,13H,3-4,7H2,(H2,18,19)(H,20,21). The van der Waals surface area contributed by atoms with Crippen LogP contribution in [0.4, 0.5) is 5.69 Å². The van der Waals surface area contributed by atoms with E-state index in [4.69, 9.17) is 11.0 Å². The van der Waals surface area contributed by atoms with Gasteiger partial charge >= 0.3 is 0 Å². The lowest BCUT2D eigenvalue weighted by Crippen LogP contribution is -2.37. The molecule has 2 unspecified atom stereocenters. The van der Waals surface area contributed by atoms with Crippen LogP contribution < -0.4 is 11.1 Å². The van der Waals surface area contributed by atoms with E-state index in [-0.39, 0.29) is 17.9 Å². The van der Waals surface area contributed by atoms with Gasteiger partial charge in [0.25, 0.3) is 5.91 Å². The Bertz CT molecular complexity index is 735. The highest BCUT2D eigenvalue weighted by Gasteiger charge is 2.29. The number of carbonyl (C=O) groups is 1. The largest absolute Gasteiger partial charge is 0.398 e. The molecule has 0 spiro atoms. The summed E-state index contributed by atoms with van der Waals surface area (Å²) in [4.78, 5) is 16.7. The molecule has 0 saturated heterocycles. The second-order valence-electron chi connectivity index (χ2n) is 5.36. The predicted octanol–water partition coefficient (Wildman–Crippen LogP) is 2.24. The van der Waals surface area contributed by atoms with Gasteiger partial charge in [-0.05, 0) is 31.4 Å². The molecule has 1 amide bonds. The number of nitrogen functional groups attached to an aromatic ring is 1. The van der Waals surface area contributed by atoms with Gasteiger partial charge in [0, 0.05) is 17.1 Å². The Labute approximate surface area is 122 Å². The third-order valence-corrected chi connectivity index (χ3v) is 3.98. The summed E-state index contributed by atoms with van der Waals surface area (Å²) < 4.78 is 0. The van der Waals surface area contributed by atoms with E-state index in [2.05, 4.69) is 16.4 Å². The number of hydrogen-bond acceptors (Lipinski definition) is 4. The van der Waals surface area contributed by atoms with Gasteiger partial charge < -0.3 is 11.1 Å². The molecule has 1 aliphatic carbocycles. The first-order valence-electron chi connectivity index (χ1n) is 7.05. The van der Waals surface area contributed by atoms with Crippen molar-refractivity contribution in [2.24, 2.45) is 5.92 Å². The van der Waals surface area contributed by atoms with E-state index in [1.165, 1.54) is 0 Å². The van der Waals surface area contributed by atoms with Gasteiger partial charge in [0.1, 0.15) is 5.69 Å². The third kappa shape index (κ3) is 2.52. The number of hydrogen-bond donors (Lipinski definition) is 2. The molecule has 1 aromatic heterocycles. The highest BCUT2D eigenvalue weighted by molar-refractivity contribution is 5.99. The van der Waals surface area contributed by atoms with E-state index in [1.807, 2.05) is 24.3 Å². The van der Waals surface area contributed by atoms with Crippen LogP contribution in [-0.4, -0.2) is 16.9 Å². The number of rotatable bonds is 2. The van der Waals surface area contributed by atoms with Gasteiger partial charge in [-0.1, -0.05) is 18.2 Å². The first kappa shape index (κ1) is 13.4. The zero-order chi connectivity index (χ0) is 14.8. The molecule has 1 heterocycles. The van der Waals surface area contributed by atoms with Crippen molar-refractivity contribution in [2.45, 2.75) is 25.3 Å². The molecule has 5 nitrogen and oxygen atoms in total.